The number of aliphatic carboxylic acids is 1. The highest BCUT2D eigenvalue weighted by molar-refractivity contribution is 7.89. The van der Waals surface area contributed by atoms with E-state index in [1.54, 1.807) is 4.90 Å². The molecule has 0 unspecified atom stereocenters. The standard InChI is InChI=1S/C19H27N5O4S.C2HF3O2/c1-14-15(2)28-18(21-14)13-22-7-9-24(10-8-22)29(26,27)16-11-17(20-12-16)19(25)23-5-3-4-6-23;3-2(4,5)1(6)7/h11-12,20H,3-10,13H2,1-2H3;(H,6,7). The highest BCUT2D eigenvalue weighted by atomic mass is 32.2. The van der Waals surface area contributed by atoms with Crippen LogP contribution in [0.2, 0.25) is 0 Å². The van der Waals surface area contributed by atoms with E-state index >= 15 is 0 Å². The Kier molecular flexibility index (Phi) is 8.46. The van der Waals surface area contributed by atoms with Crippen molar-refractivity contribution in [3.8, 4) is 0 Å². The number of carboxylic acid groups (broad SMARTS) is 1. The van der Waals surface area contributed by atoms with E-state index in [1.165, 1.54) is 16.6 Å². The van der Waals surface area contributed by atoms with Gasteiger partial charge in [0.15, 0.2) is 0 Å². The molecule has 2 aromatic heterocycles. The molecule has 1 amide bonds. The van der Waals surface area contributed by atoms with Crippen LogP contribution in [0, 0.1) is 13.8 Å². The number of aryl methyl sites for hydroxylation is 2. The first-order valence-electron chi connectivity index (χ1n) is 11.2. The molecule has 0 atom stereocenters. The number of piperazine rings is 1. The molecule has 2 fully saturated rings. The van der Waals surface area contributed by atoms with E-state index in [2.05, 4.69) is 14.9 Å². The number of aromatic nitrogens is 2. The zero-order chi connectivity index (χ0) is 26.7. The summed E-state index contributed by atoms with van der Waals surface area (Å²) in [5.41, 5.74) is 1.21. The minimum atomic E-state index is -5.08. The molecule has 0 radical (unpaired) electrons. The molecule has 0 aromatic carbocycles. The van der Waals surface area contributed by atoms with Crippen LogP contribution in [-0.4, -0.2) is 94.9 Å². The van der Waals surface area contributed by atoms with Crippen LogP contribution in [0.25, 0.3) is 0 Å². The number of sulfonamides is 1. The van der Waals surface area contributed by atoms with Crippen LogP contribution in [0.15, 0.2) is 21.6 Å². The summed E-state index contributed by atoms with van der Waals surface area (Å²) in [7, 11) is -3.63. The van der Waals surface area contributed by atoms with Gasteiger partial charge in [-0.25, -0.2) is 18.2 Å². The van der Waals surface area contributed by atoms with Crippen LogP contribution in [-0.2, 0) is 21.4 Å². The minimum Gasteiger partial charge on any atom is -0.475 e. The van der Waals surface area contributed by atoms with E-state index in [0.29, 0.717) is 44.3 Å². The van der Waals surface area contributed by atoms with Crippen molar-refractivity contribution in [3.05, 3.63) is 35.3 Å². The van der Waals surface area contributed by atoms with E-state index in [4.69, 9.17) is 14.3 Å². The monoisotopic (exact) mass is 535 g/mol. The summed E-state index contributed by atoms with van der Waals surface area (Å²) in [4.78, 5) is 32.6. The summed E-state index contributed by atoms with van der Waals surface area (Å²) in [6.07, 6.45) is -1.67. The molecular formula is C21H28F3N5O6S. The third kappa shape index (κ3) is 6.64. The van der Waals surface area contributed by atoms with Gasteiger partial charge in [0.1, 0.15) is 16.3 Å². The van der Waals surface area contributed by atoms with Crippen molar-refractivity contribution in [2.24, 2.45) is 0 Å². The average Bonchev–Trinajstić information content (AvgIpc) is 3.56. The Morgan fingerprint density at radius 1 is 1.11 bits per heavy atom. The van der Waals surface area contributed by atoms with Gasteiger partial charge in [0.25, 0.3) is 5.91 Å². The number of alkyl halides is 3. The molecule has 2 aliphatic rings. The lowest BCUT2D eigenvalue weighted by molar-refractivity contribution is -0.192. The third-order valence-corrected chi connectivity index (χ3v) is 7.80. The van der Waals surface area contributed by atoms with Crippen LogP contribution < -0.4 is 0 Å². The van der Waals surface area contributed by atoms with Crippen molar-refractivity contribution in [3.63, 3.8) is 0 Å². The molecule has 2 saturated heterocycles. The van der Waals surface area contributed by atoms with E-state index in [0.717, 1.165) is 37.4 Å². The van der Waals surface area contributed by atoms with Gasteiger partial charge >= 0.3 is 12.1 Å². The number of amides is 1. The van der Waals surface area contributed by atoms with Gasteiger partial charge in [0.05, 0.1) is 12.2 Å². The smallest absolute Gasteiger partial charge is 0.475 e. The van der Waals surface area contributed by atoms with Crippen LogP contribution in [0.1, 0.15) is 40.7 Å². The van der Waals surface area contributed by atoms with Crippen molar-refractivity contribution >= 4 is 21.9 Å². The molecule has 2 aromatic rings. The predicted octanol–water partition coefficient (Wildman–Crippen LogP) is 2.00. The van der Waals surface area contributed by atoms with Crippen molar-refractivity contribution in [2.75, 3.05) is 39.3 Å². The Labute approximate surface area is 205 Å². The number of hydrogen-bond donors (Lipinski definition) is 2. The van der Waals surface area contributed by atoms with E-state index in [-0.39, 0.29) is 10.8 Å². The van der Waals surface area contributed by atoms with Gasteiger partial charge in [0, 0.05) is 45.5 Å². The number of halogens is 3. The molecule has 0 saturated carbocycles. The maximum absolute atomic E-state index is 13.0. The Morgan fingerprint density at radius 3 is 2.19 bits per heavy atom. The predicted molar refractivity (Wildman–Crippen MR) is 120 cm³/mol. The summed E-state index contributed by atoms with van der Waals surface area (Å²) >= 11 is 0. The van der Waals surface area contributed by atoms with Crippen molar-refractivity contribution in [2.45, 2.75) is 44.3 Å². The van der Waals surface area contributed by atoms with Gasteiger partial charge in [0.2, 0.25) is 15.9 Å². The summed E-state index contributed by atoms with van der Waals surface area (Å²) in [5, 5.41) is 7.12. The maximum atomic E-state index is 13.0. The number of nitrogens with zero attached hydrogens (tertiary/aromatic N) is 4. The molecule has 36 heavy (non-hydrogen) atoms. The largest absolute Gasteiger partial charge is 0.490 e. The SMILES string of the molecule is Cc1nc(CN2CCN(S(=O)(=O)c3c[nH]c(C(=O)N4CCCC4)c3)CC2)oc1C.O=C(O)C(F)(F)F. The number of nitrogens with one attached hydrogen (secondary N) is 1. The first kappa shape index (κ1) is 27.7. The van der Waals surface area contributed by atoms with Gasteiger partial charge < -0.3 is 19.4 Å². The number of oxazole rings is 1. The summed E-state index contributed by atoms with van der Waals surface area (Å²) in [6.45, 7) is 7.80. The molecule has 0 spiro atoms. The molecule has 4 heterocycles. The second-order valence-corrected chi connectivity index (χ2v) is 10.4. The van der Waals surface area contributed by atoms with Crippen LogP contribution in [0.4, 0.5) is 13.2 Å². The zero-order valence-electron chi connectivity index (χ0n) is 19.8. The molecule has 2 N–H and O–H groups in total. The zero-order valence-corrected chi connectivity index (χ0v) is 20.7. The Bertz CT molecular complexity index is 1160. The maximum Gasteiger partial charge on any atom is 0.490 e. The molecule has 0 aliphatic carbocycles. The highest BCUT2D eigenvalue weighted by Crippen LogP contribution is 2.21. The fraction of sp³-hybridized carbons (Fsp3) is 0.571. The number of carboxylic acids is 1. The number of carbonyl (C=O) groups excluding carboxylic acids is 1. The fourth-order valence-electron chi connectivity index (χ4n) is 3.81. The lowest BCUT2D eigenvalue weighted by Gasteiger charge is -2.33. The van der Waals surface area contributed by atoms with Gasteiger partial charge in [-0.1, -0.05) is 0 Å². The first-order chi connectivity index (χ1) is 16.8. The Morgan fingerprint density at radius 2 is 1.69 bits per heavy atom. The lowest BCUT2D eigenvalue weighted by Crippen LogP contribution is -2.48. The van der Waals surface area contributed by atoms with Gasteiger partial charge in [-0.05, 0) is 32.8 Å². The number of rotatable bonds is 5. The molecule has 2 aliphatic heterocycles. The van der Waals surface area contributed by atoms with Crippen molar-refractivity contribution in [1.82, 2.24) is 24.1 Å². The number of hydrogen-bond acceptors (Lipinski definition) is 7. The highest BCUT2D eigenvalue weighted by Gasteiger charge is 2.38. The number of H-pyrrole nitrogens is 1. The summed E-state index contributed by atoms with van der Waals surface area (Å²) < 4.78 is 64.8. The molecule has 4 rings (SSSR count). The van der Waals surface area contributed by atoms with E-state index < -0.39 is 22.2 Å². The Balaban J connectivity index is 0.000000454. The second-order valence-electron chi connectivity index (χ2n) is 8.48. The number of aromatic amines is 1. The molecule has 0 bridgehead atoms. The third-order valence-electron chi connectivity index (χ3n) is 5.92. The minimum absolute atomic E-state index is 0.134. The summed E-state index contributed by atoms with van der Waals surface area (Å²) in [6, 6.07) is 1.46. The topological polar surface area (TPSA) is 140 Å². The van der Waals surface area contributed by atoms with Gasteiger partial charge in [-0.3, -0.25) is 9.69 Å². The van der Waals surface area contributed by atoms with Crippen molar-refractivity contribution in [1.29, 1.82) is 0 Å². The quantitative estimate of drug-likeness (QED) is 0.593. The number of likely N-dealkylation sites (tertiary alicyclic amines) is 1. The van der Waals surface area contributed by atoms with Crippen LogP contribution in [0.3, 0.4) is 0 Å². The van der Waals surface area contributed by atoms with Crippen LogP contribution >= 0.6 is 0 Å². The Hall–Kier alpha value is -2.91. The molecule has 11 nitrogen and oxygen atoms in total. The van der Waals surface area contributed by atoms with Gasteiger partial charge in [-0.2, -0.15) is 17.5 Å². The van der Waals surface area contributed by atoms with Crippen LogP contribution in [0.5, 0.6) is 0 Å². The molecule has 15 heteroatoms. The normalized spacial score (nSPS) is 17.6. The fourth-order valence-corrected chi connectivity index (χ4v) is 5.23. The first-order valence-corrected chi connectivity index (χ1v) is 12.7. The van der Waals surface area contributed by atoms with Crippen molar-refractivity contribution < 1.29 is 40.7 Å². The van der Waals surface area contributed by atoms with E-state index in [1.807, 2.05) is 13.8 Å². The molecule has 200 valence electrons. The second kappa shape index (κ2) is 11.0. The molecular weight excluding hydrogens is 507 g/mol. The van der Waals surface area contributed by atoms with E-state index in [9.17, 15) is 26.4 Å². The average molecular weight is 536 g/mol. The number of carbonyl (C=O) groups is 2. The van der Waals surface area contributed by atoms with Gasteiger partial charge in [-0.15, -0.1) is 0 Å². The summed E-state index contributed by atoms with van der Waals surface area (Å²) in [5.74, 6) is -1.42. The lowest BCUT2D eigenvalue weighted by atomic mass is 10.3.